The summed E-state index contributed by atoms with van der Waals surface area (Å²) < 4.78 is 0. The minimum atomic E-state index is 0.415. The van der Waals surface area contributed by atoms with Gasteiger partial charge in [-0.15, -0.1) is 12.8 Å². The third-order valence-corrected chi connectivity index (χ3v) is 7.90. The summed E-state index contributed by atoms with van der Waals surface area (Å²) in [6.07, 6.45) is 15.7. The number of rotatable bonds is 8. The maximum Gasteiger partial charge on any atom is -0.0152 e. The second-order valence-electron chi connectivity index (χ2n) is 11.6. The Kier molecular flexibility index (Phi) is 34.1. The van der Waals surface area contributed by atoms with E-state index in [1.807, 2.05) is 41.5 Å². The molecular weight excluding hydrogens is 540 g/mol. The topological polar surface area (TPSA) is 0 Å². The van der Waals surface area contributed by atoms with Crippen molar-refractivity contribution in [1.82, 2.24) is 0 Å². The number of aryl methyl sites for hydroxylation is 5. The highest BCUT2D eigenvalue weighted by molar-refractivity contribution is 5.69. The van der Waals surface area contributed by atoms with E-state index in [1.165, 1.54) is 83.0 Å². The molecule has 0 aliphatic carbocycles. The van der Waals surface area contributed by atoms with Gasteiger partial charge in [0.2, 0.25) is 0 Å². The van der Waals surface area contributed by atoms with Crippen LogP contribution in [0.3, 0.4) is 0 Å². The molecule has 0 aromatic heterocycles. The van der Waals surface area contributed by atoms with Crippen molar-refractivity contribution in [3.63, 3.8) is 0 Å². The first-order chi connectivity index (χ1) is 21.5. The minimum Gasteiger partial charge on any atom is -0.124 e. The standard InChI is InChI=1S/C23H32.C8H10.C6H14.3C2H6.C2H2/c1-7-12-23(6,8-2)16-21-15-22(19(5)14-18(21)4)20-11-9-10-17(3)13-20;1-7-4-3-5-8(2)6-7;1-4-6(3)5-2;4*1-2/h9-11,13-15H,7-8,12,16H2,1-6H3;3-6H,1-2H3;6H,4-5H2,1-3H3;3*1-2H3;1-2H. The lowest BCUT2D eigenvalue weighted by Gasteiger charge is -2.29. The average Bonchev–Trinajstić information content (AvgIpc) is 3.06. The molecule has 0 saturated heterocycles. The zero-order chi connectivity index (χ0) is 36.0. The van der Waals surface area contributed by atoms with E-state index in [4.69, 9.17) is 0 Å². The van der Waals surface area contributed by atoms with Crippen molar-refractivity contribution in [3.8, 4) is 24.0 Å². The van der Waals surface area contributed by atoms with Gasteiger partial charge in [-0.05, 0) is 86.6 Å². The smallest absolute Gasteiger partial charge is 0.0152 e. The molecule has 0 bridgehead atoms. The van der Waals surface area contributed by atoms with Crippen molar-refractivity contribution in [2.45, 2.75) is 156 Å². The van der Waals surface area contributed by atoms with Crippen molar-refractivity contribution in [3.05, 3.63) is 94.0 Å². The molecular formula is C45H76. The van der Waals surface area contributed by atoms with Crippen LogP contribution < -0.4 is 0 Å². The predicted octanol–water partition coefficient (Wildman–Crippen LogP) is 15.1. The first-order valence-electron chi connectivity index (χ1n) is 18.0. The van der Waals surface area contributed by atoms with Gasteiger partial charge in [-0.25, -0.2) is 0 Å². The zero-order valence-corrected chi connectivity index (χ0v) is 33.2. The third kappa shape index (κ3) is 22.4. The fraction of sp³-hybridized carbons (Fsp3) is 0.556. The lowest BCUT2D eigenvalue weighted by molar-refractivity contribution is 0.279. The van der Waals surface area contributed by atoms with E-state index in [-0.39, 0.29) is 0 Å². The molecule has 0 N–H and O–H groups in total. The zero-order valence-electron chi connectivity index (χ0n) is 33.2. The highest BCUT2D eigenvalue weighted by Gasteiger charge is 2.23. The van der Waals surface area contributed by atoms with Crippen LogP contribution in [-0.2, 0) is 6.42 Å². The summed E-state index contributed by atoms with van der Waals surface area (Å²) in [6.45, 7) is 36.7. The van der Waals surface area contributed by atoms with Crippen LogP contribution in [-0.4, -0.2) is 0 Å². The van der Waals surface area contributed by atoms with Crippen LogP contribution in [0.25, 0.3) is 11.1 Å². The molecule has 45 heavy (non-hydrogen) atoms. The van der Waals surface area contributed by atoms with Crippen LogP contribution in [0.4, 0.5) is 0 Å². The fourth-order valence-corrected chi connectivity index (χ4v) is 4.76. The van der Waals surface area contributed by atoms with Gasteiger partial charge in [0.25, 0.3) is 0 Å². The minimum absolute atomic E-state index is 0.415. The molecule has 0 radical (unpaired) electrons. The van der Waals surface area contributed by atoms with Gasteiger partial charge < -0.3 is 0 Å². The van der Waals surface area contributed by atoms with Crippen LogP contribution in [0.1, 0.15) is 149 Å². The van der Waals surface area contributed by atoms with E-state index >= 15 is 0 Å². The molecule has 1 unspecified atom stereocenters. The van der Waals surface area contributed by atoms with Crippen LogP contribution in [0.2, 0.25) is 0 Å². The van der Waals surface area contributed by atoms with Gasteiger partial charge in [0.05, 0.1) is 0 Å². The Morgan fingerprint density at radius 2 is 1.07 bits per heavy atom. The largest absolute Gasteiger partial charge is 0.124 e. The molecule has 1 atom stereocenters. The Balaban J connectivity index is -0.000000313. The molecule has 0 aliphatic rings. The molecule has 3 rings (SSSR count). The molecule has 256 valence electrons. The summed E-state index contributed by atoms with van der Waals surface area (Å²) in [5, 5.41) is 0. The van der Waals surface area contributed by atoms with Crippen molar-refractivity contribution in [2.24, 2.45) is 11.3 Å². The quantitative estimate of drug-likeness (QED) is 0.221. The number of hydrogen-bond acceptors (Lipinski definition) is 0. The second-order valence-corrected chi connectivity index (χ2v) is 11.6. The summed E-state index contributed by atoms with van der Waals surface area (Å²) in [4.78, 5) is 0. The fourth-order valence-electron chi connectivity index (χ4n) is 4.76. The van der Waals surface area contributed by atoms with Crippen molar-refractivity contribution < 1.29 is 0 Å². The molecule has 0 heterocycles. The van der Waals surface area contributed by atoms with E-state index in [2.05, 4.69) is 150 Å². The van der Waals surface area contributed by atoms with Crippen molar-refractivity contribution in [1.29, 1.82) is 0 Å². The molecule has 0 aliphatic heterocycles. The van der Waals surface area contributed by atoms with Gasteiger partial charge in [0, 0.05) is 0 Å². The van der Waals surface area contributed by atoms with Crippen molar-refractivity contribution >= 4 is 0 Å². The SMILES string of the molecule is C#C.CC.CC.CC.CCC(C)CC.CCCC(C)(CC)Cc1cc(-c2cccc(C)c2)c(C)cc1C.Cc1cccc(C)c1. The molecule has 0 amide bonds. The van der Waals surface area contributed by atoms with Crippen LogP contribution in [0.5, 0.6) is 0 Å². The van der Waals surface area contributed by atoms with Crippen molar-refractivity contribution in [2.75, 3.05) is 0 Å². The highest BCUT2D eigenvalue weighted by atomic mass is 14.3. The molecule has 3 aromatic carbocycles. The number of hydrogen-bond donors (Lipinski definition) is 0. The van der Waals surface area contributed by atoms with Crippen LogP contribution in [0.15, 0.2) is 60.7 Å². The predicted molar refractivity (Wildman–Crippen MR) is 213 cm³/mol. The number of terminal acetylenes is 1. The van der Waals surface area contributed by atoms with Gasteiger partial charge in [-0.1, -0.05) is 186 Å². The normalized spacial score (nSPS) is 10.5. The Bertz CT molecular complexity index is 1080. The first-order valence-corrected chi connectivity index (χ1v) is 18.0. The summed E-state index contributed by atoms with van der Waals surface area (Å²) in [7, 11) is 0. The summed E-state index contributed by atoms with van der Waals surface area (Å²) in [5.74, 6) is 0.935. The maximum absolute atomic E-state index is 4.00. The van der Waals surface area contributed by atoms with Gasteiger partial charge in [0.1, 0.15) is 0 Å². The Morgan fingerprint density at radius 1 is 0.622 bits per heavy atom. The molecule has 3 aromatic rings. The van der Waals surface area contributed by atoms with E-state index in [1.54, 1.807) is 0 Å². The second kappa shape index (κ2) is 31.2. The van der Waals surface area contributed by atoms with Crippen LogP contribution >= 0.6 is 0 Å². The molecule has 0 nitrogen and oxygen atoms in total. The molecule has 0 spiro atoms. The first kappa shape index (κ1) is 49.1. The van der Waals surface area contributed by atoms with E-state index < -0.39 is 0 Å². The summed E-state index contributed by atoms with van der Waals surface area (Å²) in [5.41, 5.74) is 11.5. The summed E-state index contributed by atoms with van der Waals surface area (Å²) >= 11 is 0. The van der Waals surface area contributed by atoms with Gasteiger partial charge in [0.15, 0.2) is 0 Å². The van der Waals surface area contributed by atoms with Crippen LogP contribution in [0, 0.1) is 58.8 Å². The highest BCUT2D eigenvalue weighted by Crippen LogP contribution is 2.35. The maximum atomic E-state index is 4.00. The lowest BCUT2D eigenvalue weighted by atomic mass is 9.76. The van der Waals surface area contributed by atoms with Gasteiger partial charge >= 0.3 is 0 Å². The van der Waals surface area contributed by atoms with E-state index in [0.717, 1.165) is 5.92 Å². The van der Waals surface area contributed by atoms with Gasteiger partial charge in [-0.2, -0.15) is 0 Å². The monoisotopic (exact) mass is 617 g/mol. The molecule has 0 fully saturated rings. The summed E-state index contributed by atoms with van der Waals surface area (Å²) in [6, 6.07) is 22.1. The van der Waals surface area contributed by atoms with E-state index in [0.29, 0.717) is 5.41 Å². The molecule has 0 heteroatoms. The third-order valence-electron chi connectivity index (χ3n) is 7.90. The molecule has 0 saturated carbocycles. The van der Waals surface area contributed by atoms with Gasteiger partial charge in [-0.3, -0.25) is 0 Å². The Morgan fingerprint density at radius 3 is 1.40 bits per heavy atom. The Hall–Kier alpha value is -2.78. The Labute approximate surface area is 284 Å². The number of benzene rings is 3. The lowest BCUT2D eigenvalue weighted by Crippen LogP contribution is -2.19. The van der Waals surface area contributed by atoms with E-state index in [9.17, 15) is 0 Å². The average molecular weight is 617 g/mol.